The average Bonchev–Trinajstić information content (AvgIpc) is 2.06. The van der Waals surface area contributed by atoms with Gasteiger partial charge in [-0.1, -0.05) is 15.9 Å². The molecule has 1 aromatic carbocycles. The Morgan fingerprint density at radius 2 is 2.00 bits per heavy atom. The predicted octanol–water partition coefficient (Wildman–Crippen LogP) is 1.34. The molecule has 4 N–H and O–H groups in total. The fraction of sp³-hybridized carbons (Fsp3) is 0.143. The van der Waals surface area contributed by atoms with Crippen LogP contribution in [0.2, 0.25) is 0 Å². The Labute approximate surface area is 77.6 Å². The normalized spacial score (nSPS) is 10.2. The van der Waals surface area contributed by atoms with E-state index in [-0.39, 0.29) is 18.0 Å². The van der Waals surface area contributed by atoms with Gasteiger partial charge in [0, 0.05) is 10.0 Å². The van der Waals surface area contributed by atoms with Gasteiger partial charge in [0.25, 0.3) is 0 Å². The second-order valence-electron chi connectivity index (χ2n) is 2.23. The molecule has 0 aliphatic carbocycles. The molecule has 0 spiro atoms. The summed E-state index contributed by atoms with van der Waals surface area (Å²) in [7, 11) is 0. The molecule has 12 heavy (non-hydrogen) atoms. The lowest BCUT2D eigenvalue weighted by Crippen LogP contribution is -2.06. The molecule has 66 valence electrons. The number of hydrogen-bond acceptors (Lipinski definition) is 4. The minimum absolute atomic E-state index is 0.0703. The van der Waals surface area contributed by atoms with Crippen LogP contribution in [-0.2, 0) is 6.54 Å². The molecule has 0 saturated heterocycles. The molecule has 0 aliphatic rings. The van der Waals surface area contributed by atoms with Crippen molar-refractivity contribution < 1.29 is 15.4 Å². The first-order valence-corrected chi connectivity index (χ1v) is 4.02. The summed E-state index contributed by atoms with van der Waals surface area (Å²) in [4.78, 5) is 0. The number of phenolic OH excluding ortho intramolecular Hbond substituents is 2. The minimum atomic E-state index is -0.231. The lowest BCUT2D eigenvalue weighted by molar-refractivity contribution is 0.160. The van der Waals surface area contributed by atoms with E-state index in [4.69, 9.17) is 10.3 Å². The van der Waals surface area contributed by atoms with E-state index in [0.29, 0.717) is 10.0 Å². The van der Waals surface area contributed by atoms with Crippen molar-refractivity contribution in [3.8, 4) is 11.5 Å². The number of hydrogen-bond donors (Lipinski definition) is 4. The van der Waals surface area contributed by atoms with Crippen LogP contribution in [0.15, 0.2) is 16.6 Å². The smallest absolute Gasteiger partial charge is 0.163 e. The highest BCUT2D eigenvalue weighted by Gasteiger charge is 2.09. The third kappa shape index (κ3) is 1.69. The standard InChI is InChI=1S/C7H8BrNO3/c8-5-1-2-6(10)7(11)4(5)3-9-12/h1-2,9-12H,3H2. The first-order valence-electron chi connectivity index (χ1n) is 3.23. The van der Waals surface area contributed by atoms with E-state index < -0.39 is 0 Å². The van der Waals surface area contributed by atoms with Gasteiger partial charge in [0.15, 0.2) is 11.5 Å². The Morgan fingerprint density at radius 1 is 1.33 bits per heavy atom. The highest BCUT2D eigenvalue weighted by Crippen LogP contribution is 2.33. The third-order valence-electron chi connectivity index (χ3n) is 1.46. The van der Waals surface area contributed by atoms with Gasteiger partial charge in [0.05, 0.1) is 6.54 Å². The lowest BCUT2D eigenvalue weighted by Gasteiger charge is -2.06. The highest BCUT2D eigenvalue weighted by atomic mass is 79.9. The lowest BCUT2D eigenvalue weighted by atomic mass is 10.2. The molecule has 0 radical (unpaired) electrons. The molecule has 0 aromatic heterocycles. The van der Waals surface area contributed by atoms with Crippen molar-refractivity contribution >= 4 is 15.9 Å². The summed E-state index contributed by atoms with van der Waals surface area (Å²) in [5.41, 5.74) is 2.31. The molecular formula is C7H8BrNO3. The number of aromatic hydroxyl groups is 2. The zero-order valence-corrected chi connectivity index (χ0v) is 7.67. The minimum Gasteiger partial charge on any atom is -0.504 e. The van der Waals surface area contributed by atoms with Crippen LogP contribution in [0.3, 0.4) is 0 Å². The monoisotopic (exact) mass is 233 g/mol. The SMILES string of the molecule is ONCc1c(Br)ccc(O)c1O. The maximum absolute atomic E-state index is 9.28. The fourth-order valence-corrected chi connectivity index (χ4v) is 1.31. The molecule has 0 bridgehead atoms. The average molecular weight is 234 g/mol. The summed E-state index contributed by atoms with van der Waals surface area (Å²) in [5.74, 6) is -0.436. The van der Waals surface area contributed by atoms with Crippen molar-refractivity contribution in [1.29, 1.82) is 0 Å². The summed E-state index contributed by atoms with van der Waals surface area (Å²) in [6.07, 6.45) is 0. The van der Waals surface area contributed by atoms with Crippen LogP contribution in [0, 0.1) is 0 Å². The molecule has 4 nitrogen and oxygen atoms in total. The van der Waals surface area contributed by atoms with Crippen molar-refractivity contribution in [2.75, 3.05) is 0 Å². The van der Waals surface area contributed by atoms with Crippen molar-refractivity contribution in [1.82, 2.24) is 5.48 Å². The Hall–Kier alpha value is -0.780. The molecule has 0 atom stereocenters. The maximum Gasteiger partial charge on any atom is 0.163 e. The van der Waals surface area contributed by atoms with Gasteiger partial charge in [-0.3, -0.25) is 0 Å². The summed E-state index contributed by atoms with van der Waals surface area (Å²) in [5, 5.41) is 26.7. The zero-order chi connectivity index (χ0) is 9.14. The molecule has 5 heteroatoms. The summed E-state index contributed by atoms with van der Waals surface area (Å²) in [6, 6.07) is 2.95. The Morgan fingerprint density at radius 3 is 2.58 bits per heavy atom. The van der Waals surface area contributed by atoms with E-state index in [1.54, 1.807) is 6.07 Å². The largest absolute Gasteiger partial charge is 0.504 e. The Balaban J connectivity index is 3.14. The van der Waals surface area contributed by atoms with Crippen LogP contribution >= 0.6 is 15.9 Å². The van der Waals surface area contributed by atoms with Crippen molar-refractivity contribution in [2.45, 2.75) is 6.54 Å². The number of benzene rings is 1. The van der Waals surface area contributed by atoms with Crippen LogP contribution in [0.25, 0.3) is 0 Å². The van der Waals surface area contributed by atoms with E-state index in [0.717, 1.165) is 0 Å². The maximum atomic E-state index is 9.28. The quantitative estimate of drug-likeness (QED) is 0.460. The number of phenols is 2. The second kappa shape index (κ2) is 3.75. The van der Waals surface area contributed by atoms with Gasteiger partial charge in [-0.05, 0) is 12.1 Å². The van der Waals surface area contributed by atoms with Crippen LogP contribution < -0.4 is 5.48 Å². The van der Waals surface area contributed by atoms with Crippen molar-refractivity contribution in [2.24, 2.45) is 0 Å². The molecule has 0 fully saturated rings. The van der Waals surface area contributed by atoms with E-state index in [2.05, 4.69) is 15.9 Å². The predicted molar refractivity (Wildman–Crippen MR) is 46.1 cm³/mol. The summed E-state index contributed by atoms with van der Waals surface area (Å²) < 4.78 is 0.624. The van der Waals surface area contributed by atoms with Gasteiger partial charge in [-0.25, -0.2) is 5.48 Å². The molecule has 0 unspecified atom stereocenters. The summed E-state index contributed by atoms with van der Waals surface area (Å²) >= 11 is 3.16. The third-order valence-corrected chi connectivity index (χ3v) is 2.20. The number of hydroxylamine groups is 1. The van der Waals surface area contributed by atoms with Crippen LogP contribution in [0.1, 0.15) is 5.56 Å². The van der Waals surface area contributed by atoms with Crippen LogP contribution in [-0.4, -0.2) is 15.4 Å². The van der Waals surface area contributed by atoms with Crippen molar-refractivity contribution in [3.63, 3.8) is 0 Å². The topological polar surface area (TPSA) is 72.7 Å². The van der Waals surface area contributed by atoms with E-state index >= 15 is 0 Å². The van der Waals surface area contributed by atoms with Gasteiger partial charge >= 0.3 is 0 Å². The number of rotatable bonds is 2. The molecule has 1 aromatic rings. The molecule has 0 saturated carbocycles. The van der Waals surface area contributed by atoms with Gasteiger partial charge < -0.3 is 15.4 Å². The second-order valence-corrected chi connectivity index (χ2v) is 3.08. The van der Waals surface area contributed by atoms with E-state index in [1.165, 1.54) is 6.07 Å². The Bertz CT molecular complexity index is 290. The molecule has 0 aliphatic heterocycles. The highest BCUT2D eigenvalue weighted by molar-refractivity contribution is 9.10. The molecule has 0 heterocycles. The van der Waals surface area contributed by atoms with E-state index in [9.17, 15) is 5.11 Å². The van der Waals surface area contributed by atoms with Crippen molar-refractivity contribution in [3.05, 3.63) is 22.2 Å². The summed E-state index contributed by atoms with van der Waals surface area (Å²) in [6.45, 7) is 0.0703. The first kappa shape index (κ1) is 9.31. The van der Waals surface area contributed by atoms with Gasteiger partial charge in [0.1, 0.15) is 0 Å². The molecular weight excluding hydrogens is 226 g/mol. The van der Waals surface area contributed by atoms with Gasteiger partial charge in [-0.15, -0.1) is 0 Å². The zero-order valence-electron chi connectivity index (χ0n) is 6.08. The molecule has 0 amide bonds. The Kier molecular flexibility index (Phi) is 2.91. The van der Waals surface area contributed by atoms with E-state index in [1.807, 2.05) is 5.48 Å². The van der Waals surface area contributed by atoms with Crippen LogP contribution in [0.4, 0.5) is 0 Å². The van der Waals surface area contributed by atoms with Crippen LogP contribution in [0.5, 0.6) is 11.5 Å². The first-order chi connectivity index (χ1) is 5.66. The number of nitrogens with one attached hydrogen (secondary N) is 1. The van der Waals surface area contributed by atoms with Gasteiger partial charge in [0.2, 0.25) is 0 Å². The van der Waals surface area contributed by atoms with Gasteiger partial charge in [-0.2, -0.15) is 0 Å². The fourth-order valence-electron chi connectivity index (χ4n) is 0.847. The molecule has 1 rings (SSSR count). The number of halogens is 1.